The summed E-state index contributed by atoms with van der Waals surface area (Å²) >= 11 is 1.73. The Bertz CT molecular complexity index is 423. The summed E-state index contributed by atoms with van der Waals surface area (Å²) < 4.78 is 5.53. The molecule has 2 atom stereocenters. The van der Waals surface area contributed by atoms with Gasteiger partial charge in [-0.2, -0.15) is 0 Å². The van der Waals surface area contributed by atoms with Crippen LogP contribution in [0.25, 0.3) is 0 Å². The van der Waals surface area contributed by atoms with Crippen LogP contribution in [0, 0.1) is 0 Å². The number of benzene rings is 1. The van der Waals surface area contributed by atoms with Gasteiger partial charge in [-0.1, -0.05) is 23.4 Å². The van der Waals surface area contributed by atoms with E-state index in [0.29, 0.717) is 5.25 Å². The largest absolute Gasteiger partial charge is 0.409 e. The summed E-state index contributed by atoms with van der Waals surface area (Å²) in [7, 11) is 0. The summed E-state index contributed by atoms with van der Waals surface area (Å²) in [5.41, 5.74) is 6.44. The van der Waals surface area contributed by atoms with Crippen molar-refractivity contribution in [3.8, 4) is 0 Å². The van der Waals surface area contributed by atoms with Gasteiger partial charge in [0, 0.05) is 22.3 Å². The first kappa shape index (κ1) is 12.3. The zero-order valence-electron chi connectivity index (χ0n) is 9.67. The topological polar surface area (TPSA) is 67.8 Å². The lowest BCUT2D eigenvalue weighted by Crippen LogP contribution is -2.17. The highest BCUT2D eigenvalue weighted by molar-refractivity contribution is 8.00. The van der Waals surface area contributed by atoms with Crippen molar-refractivity contribution in [3.63, 3.8) is 0 Å². The second-order valence-electron chi connectivity index (χ2n) is 4.00. The van der Waals surface area contributed by atoms with Crippen molar-refractivity contribution in [3.05, 3.63) is 29.8 Å². The maximum Gasteiger partial charge on any atom is 0.171 e. The van der Waals surface area contributed by atoms with Crippen LogP contribution in [0.1, 0.15) is 18.9 Å². The maximum absolute atomic E-state index is 8.75. The molecule has 17 heavy (non-hydrogen) atoms. The highest BCUT2D eigenvalue weighted by Crippen LogP contribution is 2.34. The molecule has 0 amide bonds. The predicted octanol–water partition coefficient (Wildman–Crippen LogP) is 2.05. The first-order valence-electron chi connectivity index (χ1n) is 5.57. The summed E-state index contributed by atoms with van der Waals surface area (Å²) in [6.07, 6.45) is 1.29. The Kier molecular flexibility index (Phi) is 3.91. The third-order valence-electron chi connectivity index (χ3n) is 2.86. The molecule has 1 fully saturated rings. The second kappa shape index (κ2) is 5.42. The minimum absolute atomic E-state index is 0.152. The van der Waals surface area contributed by atoms with E-state index in [1.807, 2.05) is 24.3 Å². The lowest BCUT2D eigenvalue weighted by molar-refractivity contribution is 0.127. The van der Waals surface area contributed by atoms with Crippen molar-refractivity contribution >= 4 is 17.6 Å². The minimum Gasteiger partial charge on any atom is -0.409 e. The van der Waals surface area contributed by atoms with Gasteiger partial charge < -0.3 is 15.7 Å². The SMILES string of the molecule is CC1OCCC1Sc1ccccc1/C(N)=N/O. The predicted molar refractivity (Wildman–Crippen MR) is 68.6 cm³/mol. The van der Waals surface area contributed by atoms with Gasteiger partial charge in [-0.05, 0) is 19.4 Å². The van der Waals surface area contributed by atoms with Crippen LogP contribution in [-0.2, 0) is 4.74 Å². The molecule has 0 saturated carbocycles. The fourth-order valence-electron chi connectivity index (χ4n) is 1.86. The highest BCUT2D eigenvalue weighted by atomic mass is 32.2. The van der Waals surface area contributed by atoms with Gasteiger partial charge in [0.25, 0.3) is 0 Å². The van der Waals surface area contributed by atoms with E-state index < -0.39 is 0 Å². The Labute approximate surface area is 105 Å². The van der Waals surface area contributed by atoms with Crippen molar-refractivity contribution in [1.29, 1.82) is 0 Å². The van der Waals surface area contributed by atoms with E-state index in [4.69, 9.17) is 15.7 Å². The Balaban J connectivity index is 2.20. The number of ether oxygens (including phenoxy) is 1. The second-order valence-corrected chi connectivity index (χ2v) is 5.28. The molecule has 1 aromatic carbocycles. The molecular formula is C12H16N2O2S. The Morgan fingerprint density at radius 3 is 2.94 bits per heavy atom. The monoisotopic (exact) mass is 252 g/mol. The van der Waals surface area contributed by atoms with Gasteiger partial charge in [0.15, 0.2) is 5.84 Å². The normalized spacial score (nSPS) is 25.1. The molecule has 1 aliphatic heterocycles. The number of oxime groups is 1. The number of nitrogens with two attached hydrogens (primary N) is 1. The van der Waals surface area contributed by atoms with Crippen LogP contribution in [0.2, 0.25) is 0 Å². The first-order chi connectivity index (χ1) is 8.22. The number of nitrogens with zero attached hydrogens (tertiary/aromatic N) is 1. The molecule has 1 saturated heterocycles. The molecule has 0 aromatic heterocycles. The van der Waals surface area contributed by atoms with Crippen molar-refractivity contribution in [2.45, 2.75) is 29.6 Å². The molecule has 1 aliphatic rings. The summed E-state index contributed by atoms with van der Waals surface area (Å²) in [6.45, 7) is 2.89. The molecule has 5 heteroatoms. The number of hydrogen-bond donors (Lipinski definition) is 2. The summed E-state index contributed by atoms with van der Waals surface area (Å²) in [5, 5.41) is 12.3. The molecule has 4 nitrogen and oxygen atoms in total. The third-order valence-corrected chi connectivity index (χ3v) is 4.39. The van der Waals surface area contributed by atoms with Crippen LogP contribution in [0.4, 0.5) is 0 Å². The van der Waals surface area contributed by atoms with Gasteiger partial charge in [0.05, 0.1) is 6.10 Å². The fourth-order valence-corrected chi connectivity index (χ4v) is 3.13. The molecule has 0 radical (unpaired) electrons. The van der Waals surface area contributed by atoms with Gasteiger partial charge in [-0.15, -0.1) is 11.8 Å². The van der Waals surface area contributed by atoms with Gasteiger partial charge in [-0.3, -0.25) is 0 Å². The van der Waals surface area contributed by atoms with Crippen molar-refractivity contribution in [2.75, 3.05) is 6.61 Å². The van der Waals surface area contributed by atoms with E-state index in [1.54, 1.807) is 11.8 Å². The molecule has 0 aliphatic carbocycles. The molecule has 2 rings (SSSR count). The van der Waals surface area contributed by atoms with Gasteiger partial charge in [-0.25, -0.2) is 0 Å². The molecule has 1 heterocycles. The number of thioether (sulfide) groups is 1. The Morgan fingerprint density at radius 1 is 1.53 bits per heavy atom. The van der Waals surface area contributed by atoms with Gasteiger partial charge in [0.1, 0.15) is 0 Å². The summed E-state index contributed by atoms with van der Waals surface area (Å²) in [6, 6.07) is 7.68. The lowest BCUT2D eigenvalue weighted by Gasteiger charge is -2.15. The molecule has 0 bridgehead atoms. The number of amidine groups is 1. The molecule has 0 spiro atoms. The standard InChI is InChI=1S/C12H16N2O2S/c1-8-10(6-7-16-8)17-11-5-3-2-4-9(11)12(13)14-15/h2-5,8,10,15H,6-7H2,1H3,(H2,13,14). The fraction of sp³-hybridized carbons (Fsp3) is 0.417. The van der Waals surface area contributed by atoms with E-state index in [1.165, 1.54) is 0 Å². The van der Waals surface area contributed by atoms with Crippen molar-refractivity contribution in [1.82, 2.24) is 0 Å². The van der Waals surface area contributed by atoms with E-state index in [-0.39, 0.29) is 11.9 Å². The summed E-state index contributed by atoms with van der Waals surface area (Å²) in [5.74, 6) is 0.152. The average Bonchev–Trinajstić information content (AvgIpc) is 2.75. The lowest BCUT2D eigenvalue weighted by atomic mass is 10.2. The van der Waals surface area contributed by atoms with E-state index in [2.05, 4.69) is 12.1 Å². The molecular weight excluding hydrogens is 236 g/mol. The van der Waals surface area contributed by atoms with Crippen LogP contribution in [-0.4, -0.2) is 29.0 Å². The Morgan fingerprint density at radius 2 is 2.29 bits per heavy atom. The molecule has 1 aromatic rings. The van der Waals surface area contributed by atoms with E-state index in [9.17, 15) is 0 Å². The molecule has 92 valence electrons. The van der Waals surface area contributed by atoms with Crippen LogP contribution in [0.5, 0.6) is 0 Å². The van der Waals surface area contributed by atoms with Crippen LogP contribution >= 0.6 is 11.8 Å². The van der Waals surface area contributed by atoms with Crippen LogP contribution in [0.15, 0.2) is 34.3 Å². The quantitative estimate of drug-likeness (QED) is 0.374. The summed E-state index contributed by atoms with van der Waals surface area (Å²) in [4.78, 5) is 1.03. The maximum atomic E-state index is 8.75. The zero-order valence-corrected chi connectivity index (χ0v) is 10.5. The van der Waals surface area contributed by atoms with E-state index >= 15 is 0 Å². The number of hydrogen-bond acceptors (Lipinski definition) is 4. The average molecular weight is 252 g/mol. The van der Waals surface area contributed by atoms with Crippen LogP contribution < -0.4 is 5.73 Å². The van der Waals surface area contributed by atoms with Gasteiger partial charge in [0.2, 0.25) is 0 Å². The molecule has 3 N–H and O–H groups in total. The number of rotatable bonds is 3. The zero-order chi connectivity index (χ0) is 12.3. The highest BCUT2D eigenvalue weighted by Gasteiger charge is 2.26. The van der Waals surface area contributed by atoms with Crippen molar-refractivity contribution < 1.29 is 9.94 Å². The smallest absolute Gasteiger partial charge is 0.171 e. The minimum atomic E-state index is 0.152. The molecule has 2 unspecified atom stereocenters. The van der Waals surface area contributed by atoms with Crippen molar-refractivity contribution in [2.24, 2.45) is 10.9 Å². The Hall–Kier alpha value is -1.20. The first-order valence-corrected chi connectivity index (χ1v) is 6.45. The van der Waals surface area contributed by atoms with Crippen LogP contribution in [0.3, 0.4) is 0 Å². The van der Waals surface area contributed by atoms with Gasteiger partial charge >= 0.3 is 0 Å². The van der Waals surface area contributed by atoms with E-state index in [0.717, 1.165) is 23.5 Å². The third kappa shape index (κ3) is 2.73.